The highest BCUT2D eigenvalue weighted by Gasteiger charge is 2.22. The summed E-state index contributed by atoms with van der Waals surface area (Å²) in [6.45, 7) is -1.87. The minimum atomic E-state index is -3.68. The number of sulfonamides is 1. The molecule has 1 aliphatic rings. The van der Waals surface area contributed by atoms with Crippen LogP contribution in [-0.4, -0.2) is 29.0 Å². The molecule has 0 saturated carbocycles. The summed E-state index contributed by atoms with van der Waals surface area (Å²) in [5.41, 5.74) is 1.08. The minimum Gasteiger partial charge on any atom is -0.276 e. The lowest BCUT2D eigenvalue weighted by Crippen LogP contribution is -2.26. The first-order valence-electron chi connectivity index (χ1n) is 6.20. The number of allylic oxidation sites excluding steroid dienone is 4. The lowest BCUT2D eigenvalue weighted by molar-refractivity contribution is 0.0640. The van der Waals surface area contributed by atoms with Gasteiger partial charge in [0, 0.05) is 0 Å². The molecule has 0 spiro atoms. The molecule has 0 unspecified atom stereocenters. The number of rotatable bonds is 4. The van der Waals surface area contributed by atoms with Gasteiger partial charge in [0.05, 0.1) is 27.7 Å². The maximum Gasteiger partial charge on any atom is 0.355 e. The Morgan fingerprint density at radius 1 is 1.33 bits per heavy atom. The number of hydrogen-bond acceptors (Lipinski definition) is 4. The Hall–Kier alpha value is -1.87. The second-order valence-corrected chi connectivity index (χ2v) is 7.23. The highest BCUT2D eigenvalue weighted by molar-refractivity contribution is 7.88. The molecule has 1 aromatic rings. The average Bonchev–Trinajstić information content (AvgIpc) is 2.60. The molecule has 0 saturated heterocycles. The monoisotopic (exact) mass is 398 g/mol. The molecule has 0 aliphatic heterocycles. The van der Waals surface area contributed by atoms with Crippen molar-refractivity contribution >= 4 is 38.9 Å². The Balaban J connectivity index is 2.66. The van der Waals surface area contributed by atoms with Gasteiger partial charge in [-0.25, -0.2) is 17.8 Å². The van der Waals surface area contributed by atoms with Gasteiger partial charge >= 0.3 is 12.2 Å². The van der Waals surface area contributed by atoms with Crippen molar-refractivity contribution in [3.8, 4) is 0 Å². The summed E-state index contributed by atoms with van der Waals surface area (Å²) < 4.78 is 51.5. The van der Waals surface area contributed by atoms with E-state index in [2.05, 4.69) is 15.6 Å². The van der Waals surface area contributed by atoms with Crippen molar-refractivity contribution in [2.45, 2.75) is 13.5 Å². The van der Waals surface area contributed by atoms with Gasteiger partial charge < -0.3 is 0 Å². The Kier molecular flexibility index (Phi) is 5.05. The fraction of sp³-hybridized carbons (Fsp3) is 0.250. The van der Waals surface area contributed by atoms with E-state index in [0.717, 1.165) is 12.3 Å². The van der Waals surface area contributed by atoms with Crippen LogP contribution in [0.4, 0.5) is 8.78 Å². The SMILES string of the molecule is Cc1nn(C2=CC(NS(C)(=O)=O)=C=C(Cl)C=C2Cl)c(=O)n1C(F)F. The molecular formula is C12H10Cl2F2N4O3S. The molecule has 0 amide bonds. The molecular weight excluding hydrogens is 389 g/mol. The maximum absolute atomic E-state index is 12.9. The first-order chi connectivity index (χ1) is 11.0. The molecule has 130 valence electrons. The molecule has 0 fully saturated rings. The van der Waals surface area contributed by atoms with Gasteiger partial charge in [-0.15, -0.1) is 5.10 Å². The Labute approximate surface area is 145 Å². The van der Waals surface area contributed by atoms with Crippen LogP contribution in [0.5, 0.6) is 0 Å². The fourth-order valence-corrected chi connectivity index (χ4v) is 2.89. The van der Waals surface area contributed by atoms with Crippen LogP contribution in [0.15, 0.2) is 38.4 Å². The van der Waals surface area contributed by atoms with E-state index in [9.17, 15) is 22.0 Å². The fourth-order valence-electron chi connectivity index (χ4n) is 1.87. The zero-order chi connectivity index (χ0) is 18.2. The van der Waals surface area contributed by atoms with E-state index in [0.29, 0.717) is 4.68 Å². The number of hydrogen-bond donors (Lipinski definition) is 1. The average molecular weight is 399 g/mol. The van der Waals surface area contributed by atoms with Gasteiger partial charge in [-0.1, -0.05) is 28.9 Å². The van der Waals surface area contributed by atoms with Crippen molar-refractivity contribution in [3.05, 3.63) is 50.0 Å². The van der Waals surface area contributed by atoms with Gasteiger partial charge in [0.2, 0.25) is 10.0 Å². The van der Waals surface area contributed by atoms with Crippen molar-refractivity contribution in [1.29, 1.82) is 0 Å². The standard InChI is InChI=1S/C12H10Cl2F2N4O3S/c1-6-17-20(12(21)19(6)11(15)16)10-5-8(18-24(2,22)23)3-7(13)4-9(10)14/h4-5,11,18H,1-2H3. The van der Waals surface area contributed by atoms with E-state index in [1.165, 1.54) is 13.0 Å². The van der Waals surface area contributed by atoms with Crippen LogP contribution in [-0.2, 0) is 10.0 Å². The highest BCUT2D eigenvalue weighted by atomic mass is 35.5. The molecule has 1 aromatic heterocycles. The summed E-state index contributed by atoms with van der Waals surface area (Å²) in [6, 6.07) is 0. The second-order valence-electron chi connectivity index (χ2n) is 4.67. The third-order valence-electron chi connectivity index (χ3n) is 2.73. The number of alkyl halides is 2. The first-order valence-corrected chi connectivity index (χ1v) is 8.84. The predicted molar refractivity (Wildman–Crippen MR) is 85.1 cm³/mol. The van der Waals surface area contributed by atoms with Crippen LogP contribution < -0.4 is 10.4 Å². The summed E-state index contributed by atoms with van der Waals surface area (Å²) in [6.07, 6.45) is 3.18. The molecule has 1 aliphatic carbocycles. The van der Waals surface area contributed by atoms with E-state index in [4.69, 9.17) is 23.2 Å². The number of nitrogens with one attached hydrogen (secondary N) is 1. The maximum atomic E-state index is 12.9. The third-order valence-corrected chi connectivity index (χ3v) is 3.83. The Morgan fingerprint density at radius 2 is 1.96 bits per heavy atom. The molecule has 1 N–H and O–H groups in total. The topological polar surface area (TPSA) is 86.0 Å². The van der Waals surface area contributed by atoms with Crippen molar-refractivity contribution in [2.75, 3.05) is 6.26 Å². The van der Waals surface area contributed by atoms with Gasteiger partial charge in [0.1, 0.15) is 5.82 Å². The summed E-state index contributed by atoms with van der Waals surface area (Å²) in [5, 5.41) is 3.55. The summed E-state index contributed by atoms with van der Waals surface area (Å²) >= 11 is 11.9. The van der Waals surface area contributed by atoms with Crippen LogP contribution in [0.2, 0.25) is 0 Å². The van der Waals surface area contributed by atoms with Gasteiger partial charge in [-0.2, -0.15) is 13.5 Å². The quantitative estimate of drug-likeness (QED) is 0.784. The Bertz CT molecular complexity index is 982. The Morgan fingerprint density at radius 3 is 2.46 bits per heavy atom. The molecule has 2 rings (SSSR count). The van der Waals surface area contributed by atoms with Crippen LogP contribution in [0.1, 0.15) is 12.4 Å². The van der Waals surface area contributed by atoms with Crippen molar-refractivity contribution in [1.82, 2.24) is 19.1 Å². The van der Waals surface area contributed by atoms with Crippen LogP contribution in [0.25, 0.3) is 5.70 Å². The minimum absolute atomic E-state index is 0.0598. The van der Waals surface area contributed by atoms with Crippen LogP contribution in [0, 0.1) is 6.92 Å². The molecule has 0 bridgehead atoms. The molecule has 0 radical (unpaired) electrons. The largest absolute Gasteiger partial charge is 0.355 e. The summed E-state index contributed by atoms with van der Waals surface area (Å²) in [4.78, 5) is 12.1. The van der Waals surface area contributed by atoms with E-state index in [1.807, 2.05) is 0 Å². The number of nitrogens with zero attached hydrogens (tertiary/aromatic N) is 3. The van der Waals surface area contributed by atoms with Crippen molar-refractivity contribution < 1.29 is 17.2 Å². The van der Waals surface area contributed by atoms with Crippen LogP contribution >= 0.6 is 23.2 Å². The molecule has 24 heavy (non-hydrogen) atoms. The van der Waals surface area contributed by atoms with E-state index in [-0.39, 0.29) is 31.9 Å². The zero-order valence-electron chi connectivity index (χ0n) is 12.2. The number of aromatic nitrogens is 3. The van der Waals surface area contributed by atoms with Crippen LogP contribution in [0.3, 0.4) is 0 Å². The van der Waals surface area contributed by atoms with Gasteiger partial charge in [-0.05, 0) is 19.1 Å². The lowest BCUT2D eigenvalue weighted by Gasteiger charge is -2.06. The second kappa shape index (κ2) is 6.56. The van der Waals surface area contributed by atoms with Crippen molar-refractivity contribution in [3.63, 3.8) is 0 Å². The van der Waals surface area contributed by atoms with E-state index in [1.54, 1.807) is 0 Å². The normalized spacial score (nSPS) is 15.5. The number of halogens is 4. The molecule has 12 heteroatoms. The highest BCUT2D eigenvalue weighted by Crippen LogP contribution is 2.25. The molecule has 1 heterocycles. The van der Waals surface area contributed by atoms with Gasteiger partial charge in [-0.3, -0.25) is 4.72 Å². The van der Waals surface area contributed by atoms with E-state index < -0.39 is 22.3 Å². The van der Waals surface area contributed by atoms with E-state index >= 15 is 0 Å². The summed E-state index contributed by atoms with van der Waals surface area (Å²) in [7, 11) is -3.68. The smallest absolute Gasteiger partial charge is 0.276 e. The predicted octanol–water partition coefficient (Wildman–Crippen LogP) is 1.88. The number of aryl methyl sites for hydroxylation is 1. The molecule has 7 nitrogen and oxygen atoms in total. The zero-order valence-corrected chi connectivity index (χ0v) is 14.5. The van der Waals surface area contributed by atoms with Crippen molar-refractivity contribution in [2.24, 2.45) is 0 Å². The summed E-state index contributed by atoms with van der Waals surface area (Å²) in [5.74, 6) is -0.245. The van der Waals surface area contributed by atoms with Gasteiger partial charge in [0.25, 0.3) is 0 Å². The third kappa shape index (κ3) is 3.96. The first kappa shape index (κ1) is 18.5. The van der Waals surface area contributed by atoms with Gasteiger partial charge in [0.15, 0.2) is 0 Å². The molecule has 0 aromatic carbocycles. The lowest BCUT2D eigenvalue weighted by atomic mass is 10.3. The molecule has 0 atom stereocenters.